The third kappa shape index (κ3) is 4.89. The minimum Gasteiger partial charge on any atom is -0.352 e. The van der Waals surface area contributed by atoms with Crippen molar-refractivity contribution in [2.45, 2.75) is 40.2 Å². The molecule has 0 aliphatic heterocycles. The molecule has 90 valence electrons. The third-order valence-corrected chi connectivity index (χ3v) is 3.87. The Morgan fingerprint density at radius 1 is 1.53 bits per heavy atom. The molecule has 0 rings (SSSR count). The molecule has 0 radical (unpaired) electrons. The maximum atomic E-state index is 11.9. The van der Waals surface area contributed by atoms with Gasteiger partial charge >= 0.3 is 0 Å². The van der Waals surface area contributed by atoms with Crippen LogP contribution in [0.15, 0.2) is 0 Å². The Hall–Kier alpha value is -0.220. The average molecular weight is 232 g/mol. The number of rotatable bonds is 7. The minimum atomic E-state index is -0.412. The molecule has 0 saturated carbocycles. The highest BCUT2D eigenvalue weighted by molar-refractivity contribution is 7.99. The second-order valence-electron chi connectivity index (χ2n) is 4.15. The molecule has 0 aliphatic carbocycles. The Kier molecular flexibility index (Phi) is 7.02. The van der Waals surface area contributed by atoms with Crippen LogP contribution in [0.25, 0.3) is 0 Å². The van der Waals surface area contributed by atoms with Gasteiger partial charge in [0.2, 0.25) is 5.91 Å². The second kappa shape index (κ2) is 7.12. The topological polar surface area (TPSA) is 55.1 Å². The molecule has 0 aromatic carbocycles. The van der Waals surface area contributed by atoms with E-state index in [-0.39, 0.29) is 11.9 Å². The fourth-order valence-electron chi connectivity index (χ4n) is 1.13. The summed E-state index contributed by atoms with van der Waals surface area (Å²) in [7, 11) is 0. The number of carbonyl (C=O) groups is 1. The standard InChI is InChI=1S/C11H24N2OS/c1-5-11(4,8-12)10(14)13-9(3)7-15-6-2/h9H,5-8,12H2,1-4H3,(H,13,14). The molecule has 0 saturated heterocycles. The van der Waals surface area contributed by atoms with Crippen molar-refractivity contribution in [2.24, 2.45) is 11.1 Å². The molecule has 3 N–H and O–H groups in total. The molecule has 2 unspecified atom stereocenters. The van der Waals surface area contributed by atoms with Gasteiger partial charge in [0.05, 0.1) is 5.41 Å². The minimum absolute atomic E-state index is 0.0803. The van der Waals surface area contributed by atoms with E-state index in [2.05, 4.69) is 12.2 Å². The van der Waals surface area contributed by atoms with Gasteiger partial charge in [0.25, 0.3) is 0 Å². The lowest BCUT2D eigenvalue weighted by Gasteiger charge is -2.27. The number of carbonyl (C=O) groups excluding carboxylic acids is 1. The van der Waals surface area contributed by atoms with Crippen LogP contribution >= 0.6 is 11.8 Å². The first-order valence-electron chi connectivity index (χ1n) is 5.59. The molecular formula is C11H24N2OS. The number of nitrogens with one attached hydrogen (secondary N) is 1. The van der Waals surface area contributed by atoms with Crippen LogP contribution in [-0.4, -0.2) is 30.0 Å². The summed E-state index contributed by atoms with van der Waals surface area (Å²) in [4.78, 5) is 11.9. The monoisotopic (exact) mass is 232 g/mol. The molecule has 15 heavy (non-hydrogen) atoms. The highest BCUT2D eigenvalue weighted by Gasteiger charge is 2.30. The molecule has 0 aliphatic rings. The van der Waals surface area contributed by atoms with Gasteiger partial charge < -0.3 is 11.1 Å². The van der Waals surface area contributed by atoms with Crippen molar-refractivity contribution in [2.75, 3.05) is 18.1 Å². The molecule has 0 spiro atoms. The van der Waals surface area contributed by atoms with Gasteiger partial charge in [-0.1, -0.05) is 13.8 Å². The van der Waals surface area contributed by atoms with Gasteiger partial charge in [-0.2, -0.15) is 11.8 Å². The van der Waals surface area contributed by atoms with E-state index in [1.54, 1.807) is 0 Å². The summed E-state index contributed by atoms with van der Waals surface area (Å²) in [5.74, 6) is 2.13. The molecule has 2 atom stereocenters. The summed E-state index contributed by atoms with van der Waals surface area (Å²) in [6.45, 7) is 8.48. The van der Waals surface area contributed by atoms with Crippen molar-refractivity contribution in [1.29, 1.82) is 0 Å². The van der Waals surface area contributed by atoms with Crippen LogP contribution in [0.3, 0.4) is 0 Å². The number of hydrogen-bond acceptors (Lipinski definition) is 3. The molecule has 0 bridgehead atoms. The predicted octanol–water partition coefficient (Wildman–Crippen LogP) is 1.62. The number of nitrogens with two attached hydrogens (primary N) is 1. The van der Waals surface area contributed by atoms with Crippen molar-refractivity contribution >= 4 is 17.7 Å². The van der Waals surface area contributed by atoms with Crippen LogP contribution in [0.2, 0.25) is 0 Å². The molecule has 0 aromatic heterocycles. The van der Waals surface area contributed by atoms with Crippen LogP contribution < -0.4 is 11.1 Å². The fraction of sp³-hybridized carbons (Fsp3) is 0.909. The Labute approximate surface area is 97.6 Å². The summed E-state index contributed by atoms with van der Waals surface area (Å²) in [6, 6.07) is 0.222. The van der Waals surface area contributed by atoms with Crippen molar-refractivity contribution < 1.29 is 4.79 Å². The van der Waals surface area contributed by atoms with Crippen LogP contribution in [0.1, 0.15) is 34.1 Å². The highest BCUT2D eigenvalue weighted by atomic mass is 32.2. The predicted molar refractivity (Wildman–Crippen MR) is 68.1 cm³/mol. The van der Waals surface area contributed by atoms with Gasteiger partial charge in [0.15, 0.2) is 0 Å². The van der Waals surface area contributed by atoms with E-state index in [0.717, 1.165) is 17.9 Å². The average Bonchev–Trinajstić information content (AvgIpc) is 2.24. The summed E-state index contributed by atoms with van der Waals surface area (Å²) < 4.78 is 0. The maximum absolute atomic E-state index is 11.9. The molecule has 0 heterocycles. The van der Waals surface area contributed by atoms with Crippen molar-refractivity contribution in [1.82, 2.24) is 5.32 Å². The lowest BCUT2D eigenvalue weighted by atomic mass is 9.86. The number of hydrogen-bond donors (Lipinski definition) is 2. The van der Waals surface area contributed by atoms with Crippen molar-refractivity contribution in [3.8, 4) is 0 Å². The van der Waals surface area contributed by atoms with E-state index in [4.69, 9.17) is 5.73 Å². The smallest absolute Gasteiger partial charge is 0.227 e. The first kappa shape index (κ1) is 14.8. The maximum Gasteiger partial charge on any atom is 0.227 e. The second-order valence-corrected chi connectivity index (χ2v) is 5.47. The van der Waals surface area contributed by atoms with Crippen LogP contribution in [0, 0.1) is 5.41 Å². The molecule has 1 amide bonds. The molecule has 3 nitrogen and oxygen atoms in total. The fourth-order valence-corrected chi connectivity index (χ4v) is 1.80. The van der Waals surface area contributed by atoms with E-state index in [9.17, 15) is 4.79 Å². The highest BCUT2D eigenvalue weighted by Crippen LogP contribution is 2.19. The third-order valence-electron chi connectivity index (χ3n) is 2.73. The Balaban J connectivity index is 4.10. The zero-order valence-electron chi connectivity index (χ0n) is 10.3. The molecule has 0 aromatic rings. The van der Waals surface area contributed by atoms with E-state index < -0.39 is 5.41 Å². The van der Waals surface area contributed by atoms with E-state index in [1.807, 2.05) is 32.5 Å². The first-order chi connectivity index (χ1) is 7.00. The van der Waals surface area contributed by atoms with Gasteiger partial charge in [0.1, 0.15) is 0 Å². The molecular weight excluding hydrogens is 208 g/mol. The van der Waals surface area contributed by atoms with Gasteiger partial charge in [0, 0.05) is 18.3 Å². The van der Waals surface area contributed by atoms with Gasteiger partial charge in [-0.3, -0.25) is 4.79 Å². The lowest BCUT2D eigenvalue weighted by molar-refractivity contribution is -0.130. The van der Waals surface area contributed by atoms with Crippen molar-refractivity contribution in [3.05, 3.63) is 0 Å². The largest absolute Gasteiger partial charge is 0.352 e. The zero-order chi connectivity index (χ0) is 11.9. The van der Waals surface area contributed by atoms with Gasteiger partial charge in [-0.15, -0.1) is 0 Å². The normalized spacial score (nSPS) is 16.9. The van der Waals surface area contributed by atoms with E-state index in [1.165, 1.54) is 0 Å². The Morgan fingerprint density at radius 2 is 2.13 bits per heavy atom. The summed E-state index contributed by atoms with van der Waals surface area (Å²) in [5.41, 5.74) is 5.22. The van der Waals surface area contributed by atoms with Crippen molar-refractivity contribution in [3.63, 3.8) is 0 Å². The summed E-state index contributed by atoms with van der Waals surface area (Å²) >= 11 is 1.84. The number of amides is 1. The van der Waals surface area contributed by atoms with Gasteiger partial charge in [-0.05, 0) is 26.0 Å². The van der Waals surface area contributed by atoms with Gasteiger partial charge in [-0.25, -0.2) is 0 Å². The summed E-state index contributed by atoms with van der Waals surface area (Å²) in [6.07, 6.45) is 0.781. The number of thioether (sulfide) groups is 1. The SMILES string of the molecule is CCSCC(C)NC(=O)C(C)(CC)CN. The van der Waals surface area contributed by atoms with Crippen LogP contribution in [-0.2, 0) is 4.79 Å². The van der Waals surface area contributed by atoms with E-state index in [0.29, 0.717) is 6.54 Å². The Bertz CT molecular complexity index is 193. The summed E-state index contributed by atoms with van der Waals surface area (Å²) in [5, 5.41) is 3.02. The lowest BCUT2D eigenvalue weighted by Crippen LogP contribution is -2.47. The first-order valence-corrected chi connectivity index (χ1v) is 6.74. The molecule has 0 fully saturated rings. The molecule has 4 heteroatoms. The van der Waals surface area contributed by atoms with Crippen LogP contribution in [0.4, 0.5) is 0 Å². The van der Waals surface area contributed by atoms with Crippen LogP contribution in [0.5, 0.6) is 0 Å². The van der Waals surface area contributed by atoms with E-state index >= 15 is 0 Å². The Morgan fingerprint density at radius 3 is 2.53 bits per heavy atom. The quantitative estimate of drug-likeness (QED) is 0.701. The zero-order valence-corrected chi connectivity index (χ0v) is 11.1.